The van der Waals surface area contributed by atoms with Gasteiger partial charge in [-0.25, -0.2) is 0 Å². The summed E-state index contributed by atoms with van der Waals surface area (Å²) in [5, 5.41) is 2.81. The summed E-state index contributed by atoms with van der Waals surface area (Å²) in [5.74, 6) is 0. The van der Waals surface area contributed by atoms with Crippen molar-refractivity contribution in [1.82, 2.24) is 9.78 Å². The van der Waals surface area contributed by atoms with Gasteiger partial charge in [0.2, 0.25) is 0 Å². The average molecular weight is 152 g/mol. The number of hydrogen-bond donors (Lipinski definition) is 1. The second-order valence-corrected chi connectivity index (χ2v) is 3.22. The molecule has 3 heteroatoms. The molecule has 0 unspecified atom stereocenters. The van der Waals surface area contributed by atoms with Gasteiger partial charge in [-0.2, -0.15) is 0 Å². The van der Waals surface area contributed by atoms with Crippen LogP contribution in [-0.2, 0) is 0 Å². The predicted molar refractivity (Wildman–Crippen MR) is 42.7 cm³/mol. The molecule has 11 heavy (non-hydrogen) atoms. The molecule has 1 N–H and O–H groups in total. The maximum Gasteiger partial charge on any atom is 0.264 e. The lowest BCUT2D eigenvalue weighted by Crippen LogP contribution is -2.20. The number of aromatic nitrogens is 2. The molecule has 1 aliphatic carbocycles. The fourth-order valence-electron chi connectivity index (χ4n) is 1.52. The van der Waals surface area contributed by atoms with E-state index in [0.717, 1.165) is 5.69 Å². The zero-order valence-electron chi connectivity index (χ0n) is 6.63. The van der Waals surface area contributed by atoms with Crippen molar-refractivity contribution < 1.29 is 0 Å². The SMILES string of the molecule is Cc1cc(=O)[nH]n1C1CCC1. The van der Waals surface area contributed by atoms with Crippen LogP contribution in [-0.4, -0.2) is 9.78 Å². The van der Waals surface area contributed by atoms with Gasteiger partial charge in [0, 0.05) is 11.8 Å². The van der Waals surface area contributed by atoms with Gasteiger partial charge in [-0.15, -0.1) is 0 Å². The van der Waals surface area contributed by atoms with E-state index in [1.807, 2.05) is 11.6 Å². The van der Waals surface area contributed by atoms with Gasteiger partial charge in [0.05, 0.1) is 6.04 Å². The van der Waals surface area contributed by atoms with Crippen LogP contribution in [0.4, 0.5) is 0 Å². The number of nitrogens with zero attached hydrogens (tertiary/aromatic N) is 1. The molecule has 3 nitrogen and oxygen atoms in total. The van der Waals surface area contributed by atoms with Crippen LogP contribution in [0.15, 0.2) is 10.9 Å². The van der Waals surface area contributed by atoms with Crippen molar-refractivity contribution in [3.05, 3.63) is 22.1 Å². The molecule has 60 valence electrons. The van der Waals surface area contributed by atoms with Gasteiger partial charge in [-0.05, 0) is 26.2 Å². The lowest BCUT2D eigenvalue weighted by atomic mass is 9.93. The normalized spacial score (nSPS) is 18.3. The maximum absolute atomic E-state index is 10.9. The molecule has 0 atom stereocenters. The molecule has 1 aliphatic rings. The minimum Gasteiger partial charge on any atom is -0.286 e. The highest BCUT2D eigenvalue weighted by molar-refractivity contribution is 5.00. The molecule has 0 radical (unpaired) electrons. The summed E-state index contributed by atoms with van der Waals surface area (Å²) < 4.78 is 1.99. The molecule has 0 aliphatic heterocycles. The van der Waals surface area contributed by atoms with Crippen molar-refractivity contribution in [3.63, 3.8) is 0 Å². The lowest BCUT2D eigenvalue weighted by Gasteiger charge is -2.27. The average Bonchev–Trinajstić information content (AvgIpc) is 2.07. The van der Waals surface area contributed by atoms with Crippen molar-refractivity contribution in [3.8, 4) is 0 Å². The molecular weight excluding hydrogens is 140 g/mol. The predicted octanol–water partition coefficient (Wildman–Crippen LogP) is 1.21. The molecule has 1 fully saturated rings. The number of nitrogens with one attached hydrogen (secondary N) is 1. The van der Waals surface area contributed by atoms with Crippen LogP contribution < -0.4 is 5.56 Å². The number of rotatable bonds is 1. The summed E-state index contributed by atoms with van der Waals surface area (Å²) in [4.78, 5) is 10.9. The first-order chi connectivity index (χ1) is 5.27. The summed E-state index contributed by atoms with van der Waals surface area (Å²) >= 11 is 0. The van der Waals surface area contributed by atoms with Crippen molar-refractivity contribution in [2.75, 3.05) is 0 Å². The number of hydrogen-bond acceptors (Lipinski definition) is 1. The third-order valence-corrected chi connectivity index (χ3v) is 2.39. The van der Waals surface area contributed by atoms with Crippen LogP contribution >= 0.6 is 0 Å². The van der Waals surface area contributed by atoms with Gasteiger partial charge >= 0.3 is 0 Å². The number of H-pyrrole nitrogens is 1. The molecule has 1 heterocycles. The Morgan fingerprint density at radius 1 is 1.64 bits per heavy atom. The Bertz CT molecular complexity index is 306. The Hall–Kier alpha value is -0.990. The molecule has 0 amide bonds. The smallest absolute Gasteiger partial charge is 0.264 e. The van der Waals surface area contributed by atoms with E-state index in [4.69, 9.17) is 0 Å². The topological polar surface area (TPSA) is 37.8 Å². The van der Waals surface area contributed by atoms with Crippen molar-refractivity contribution in [2.45, 2.75) is 32.2 Å². The first-order valence-electron chi connectivity index (χ1n) is 4.05. The van der Waals surface area contributed by atoms with E-state index >= 15 is 0 Å². The highest BCUT2D eigenvalue weighted by Crippen LogP contribution is 2.30. The highest BCUT2D eigenvalue weighted by Gasteiger charge is 2.20. The van der Waals surface area contributed by atoms with E-state index in [2.05, 4.69) is 5.10 Å². The van der Waals surface area contributed by atoms with E-state index in [-0.39, 0.29) is 5.56 Å². The van der Waals surface area contributed by atoms with Gasteiger partial charge in [-0.1, -0.05) is 0 Å². The Kier molecular flexibility index (Phi) is 1.37. The van der Waals surface area contributed by atoms with Gasteiger partial charge in [0.15, 0.2) is 0 Å². The van der Waals surface area contributed by atoms with E-state index in [1.165, 1.54) is 19.3 Å². The number of aromatic amines is 1. The standard InChI is InChI=1S/C8H12N2O/c1-6-5-8(11)9-10(6)7-3-2-4-7/h5,7H,2-4H2,1H3,(H,9,11). The first kappa shape index (κ1) is 6.70. The zero-order valence-corrected chi connectivity index (χ0v) is 6.63. The second kappa shape index (κ2) is 2.26. The van der Waals surface area contributed by atoms with Crippen LogP contribution in [0, 0.1) is 6.92 Å². The summed E-state index contributed by atoms with van der Waals surface area (Å²) in [5.41, 5.74) is 1.08. The van der Waals surface area contributed by atoms with Crippen molar-refractivity contribution in [1.29, 1.82) is 0 Å². The van der Waals surface area contributed by atoms with E-state index in [0.29, 0.717) is 6.04 Å². The quantitative estimate of drug-likeness (QED) is 0.645. The summed E-state index contributed by atoms with van der Waals surface area (Å²) in [6, 6.07) is 2.22. The Balaban J connectivity index is 2.35. The summed E-state index contributed by atoms with van der Waals surface area (Å²) in [6.45, 7) is 1.97. The fourth-order valence-corrected chi connectivity index (χ4v) is 1.52. The minimum atomic E-state index is 0.0226. The van der Waals surface area contributed by atoms with Crippen LogP contribution in [0.1, 0.15) is 31.0 Å². The van der Waals surface area contributed by atoms with Crippen LogP contribution in [0.2, 0.25) is 0 Å². The summed E-state index contributed by atoms with van der Waals surface area (Å²) in [6.07, 6.45) is 3.72. The van der Waals surface area contributed by atoms with E-state index < -0.39 is 0 Å². The lowest BCUT2D eigenvalue weighted by molar-refractivity contribution is 0.284. The molecule has 0 spiro atoms. The Morgan fingerprint density at radius 3 is 2.73 bits per heavy atom. The molecule has 1 saturated carbocycles. The highest BCUT2D eigenvalue weighted by atomic mass is 16.1. The third-order valence-electron chi connectivity index (χ3n) is 2.39. The molecule has 1 aromatic rings. The monoisotopic (exact) mass is 152 g/mol. The largest absolute Gasteiger partial charge is 0.286 e. The third kappa shape index (κ3) is 1.00. The molecule has 0 aromatic carbocycles. The first-order valence-corrected chi connectivity index (χ1v) is 4.05. The Morgan fingerprint density at radius 2 is 2.36 bits per heavy atom. The zero-order chi connectivity index (χ0) is 7.84. The second-order valence-electron chi connectivity index (χ2n) is 3.22. The van der Waals surface area contributed by atoms with Crippen molar-refractivity contribution >= 4 is 0 Å². The van der Waals surface area contributed by atoms with Crippen LogP contribution in [0.3, 0.4) is 0 Å². The van der Waals surface area contributed by atoms with E-state index in [9.17, 15) is 4.79 Å². The van der Waals surface area contributed by atoms with Crippen molar-refractivity contribution in [2.24, 2.45) is 0 Å². The van der Waals surface area contributed by atoms with Gasteiger partial charge < -0.3 is 0 Å². The molecule has 0 saturated heterocycles. The fraction of sp³-hybridized carbons (Fsp3) is 0.625. The minimum absolute atomic E-state index is 0.0226. The van der Waals surface area contributed by atoms with Gasteiger partial charge in [0.1, 0.15) is 0 Å². The maximum atomic E-state index is 10.9. The summed E-state index contributed by atoms with van der Waals surface area (Å²) in [7, 11) is 0. The van der Waals surface area contributed by atoms with Crippen LogP contribution in [0.5, 0.6) is 0 Å². The van der Waals surface area contributed by atoms with Gasteiger partial charge in [-0.3, -0.25) is 14.6 Å². The number of aryl methyl sites for hydroxylation is 1. The molecule has 1 aromatic heterocycles. The van der Waals surface area contributed by atoms with E-state index in [1.54, 1.807) is 6.07 Å². The van der Waals surface area contributed by atoms with Gasteiger partial charge in [0.25, 0.3) is 5.56 Å². The molecular formula is C8H12N2O. The van der Waals surface area contributed by atoms with Crippen LogP contribution in [0.25, 0.3) is 0 Å². The molecule has 2 rings (SSSR count). The molecule has 0 bridgehead atoms. The Labute approximate surface area is 65.0 Å².